The third-order valence-corrected chi connectivity index (χ3v) is 4.74. The van der Waals surface area contributed by atoms with E-state index in [1.807, 2.05) is 0 Å². The van der Waals surface area contributed by atoms with Crippen molar-refractivity contribution in [3.63, 3.8) is 0 Å². The van der Waals surface area contributed by atoms with Crippen molar-refractivity contribution in [2.75, 3.05) is 13.7 Å². The second-order valence-electron chi connectivity index (χ2n) is 6.05. The monoisotopic (exact) mass is 261 g/mol. The molecule has 0 radical (unpaired) electrons. The molecule has 1 aromatic carbocycles. The highest BCUT2D eigenvalue weighted by Gasteiger charge is 2.32. The van der Waals surface area contributed by atoms with E-state index in [4.69, 9.17) is 10.5 Å². The van der Waals surface area contributed by atoms with Gasteiger partial charge in [0, 0.05) is 0 Å². The van der Waals surface area contributed by atoms with Crippen LogP contribution in [0, 0.1) is 12.3 Å². The highest BCUT2D eigenvalue weighted by atomic mass is 16.5. The molecule has 2 heteroatoms. The van der Waals surface area contributed by atoms with Gasteiger partial charge in [-0.3, -0.25) is 0 Å². The Bertz CT molecular complexity index is 408. The standard InChI is InChI=1S/C17H27NO/c1-14-13-15(5-6-16(14)19-2)7-10-17(11-12-18)8-3-4-9-17/h5-6,13H,3-4,7-12,18H2,1-2H3. The molecule has 0 aliphatic heterocycles. The maximum absolute atomic E-state index is 5.81. The average Bonchev–Trinajstić information content (AvgIpc) is 2.86. The van der Waals surface area contributed by atoms with E-state index in [0.717, 1.165) is 12.3 Å². The van der Waals surface area contributed by atoms with Crippen LogP contribution in [0.3, 0.4) is 0 Å². The van der Waals surface area contributed by atoms with E-state index in [2.05, 4.69) is 25.1 Å². The summed E-state index contributed by atoms with van der Waals surface area (Å²) in [5.41, 5.74) is 9.01. The summed E-state index contributed by atoms with van der Waals surface area (Å²) in [6.45, 7) is 2.95. The summed E-state index contributed by atoms with van der Waals surface area (Å²) in [5.74, 6) is 0.987. The first kappa shape index (κ1) is 14.4. The van der Waals surface area contributed by atoms with Gasteiger partial charge in [-0.15, -0.1) is 0 Å². The Labute approximate surface area is 117 Å². The fraction of sp³-hybridized carbons (Fsp3) is 0.647. The third kappa shape index (κ3) is 3.50. The fourth-order valence-corrected chi connectivity index (χ4v) is 3.56. The predicted octanol–water partition coefficient (Wildman–Crippen LogP) is 3.85. The second kappa shape index (κ2) is 6.42. The maximum atomic E-state index is 5.81. The quantitative estimate of drug-likeness (QED) is 0.844. The third-order valence-electron chi connectivity index (χ3n) is 4.74. The summed E-state index contributed by atoms with van der Waals surface area (Å²) in [7, 11) is 1.73. The van der Waals surface area contributed by atoms with E-state index in [1.54, 1.807) is 7.11 Å². The minimum absolute atomic E-state index is 0.530. The van der Waals surface area contributed by atoms with Gasteiger partial charge < -0.3 is 10.5 Å². The number of aryl methyl sites for hydroxylation is 2. The lowest BCUT2D eigenvalue weighted by Crippen LogP contribution is -2.21. The van der Waals surface area contributed by atoms with Gasteiger partial charge in [-0.2, -0.15) is 0 Å². The highest BCUT2D eigenvalue weighted by Crippen LogP contribution is 2.44. The Balaban J connectivity index is 1.99. The SMILES string of the molecule is COc1ccc(CCC2(CCN)CCCC2)cc1C. The Morgan fingerprint density at radius 1 is 1.21 bits per heavy atom. The van der Waals surface area contributed by atoms with Crippen molar-refractivity contribution in [1.29, 1.82) is 0 Å². The molecule has 0 spiro atoms. The molecule has 106 valence electrons. The van der Waals surface area contributed by atoms with Crippen molar-refractivity contribution in [3.05, 3.63) is 29.3 Å². The molecule has 0 heterocycles. The molecular formula is C17H27NO. The van der Waals surface area contributed by atoms with Gasteiger partial charge in [0.1, 0.15) is 5.75 Å². The first-order valence-corrected chi connectivity index (χ1v) is 7.53. The number of rotatable bonds is 6. The van der Waals surface area contributed by atoms with Crippen LogP contribution in [0.2, 0.25) is 0 Å². The number of ether oxygens (including phenoxy) is 1. The van der Waals surface area contributed by atoms with Gasteiger partial charge in [-0.1, -0.05) is 25.0 Å². The van der Waals surface area contributed by atoms with E-state index >= 15 is 0 Å². The molecule has 19 heavy (non-hydrogen) atoms. The summed E-state index contributed by atoms with van der Waals surface area (Å²) >= 11 is 0. The smallest absolute Gasteiger partial charge is 0.121 e. The van der Waals surface area contributed by atoms with Gasteiger partial charge in [0.25, 0.3) is 0 Å². The molecule has 0 bridgehead atoms. The van der Waals surface area contributed by atoms with Crippen LogP contribution in [-0.4, -0.2) is 13.7 Å². The molecule has 0 unspecified atom stereocenters. The van der Waals surface area contributed by atoms with Gasteiger partial charge in [-0.25, -0.2) is 0 Å². The Hall–Kier alpha value is -1.02. The molecule has 1 fully saturated rings. The lowest BCUT2D eigenvalue weighted by Gasteiger charge is -2.28. The van der Waals surface area contributed by atoms with E-state index in [1.165, 1.54) is 56.1 Å². The number of hydrogen-bond donors (Lipinski definition) is 1. The Morgan fingerprint density at radius 3 is 2.53 bits per heavy atom. The molecule has 1 aliphatic rings. The van der Waals surface area contributed by atoms with Crippen LogP contribution in [-0.2, 0) is 6.42 Å². The topological polar surface area (TPSA) is 35.2 Å². The highest BCUT2D eigenvalue weighted by molar-refractivity contribution is 5.36. The molecule has 1 aromatic rings. The molecule has 2 nitrogen and oxygen atoms in total. The Morgan fingerprint density at radius 2 is 1.95 bits per heavy atom. The predicted molar refractivity (Wildman–Crippen MR) is 80.6 cm³/mol. The van der Waals surface area contributed by atoms with E-state index in [0.29, 0.717) is 5.41 Å². The first-order chi connectivity index (χ1) is 9.19. The molecule has 0 atom stereocenters. The molecule has 0 aromatic heterocycles. The van der Waals surface area contributed by atoms with Crippen LogP contribution in [0.1, 0.15) is 49.7 Å². The van der Waals surface area contributed by atoms with Crippen molar-refractivity contribution in [2.45, 2.75) is 51.9 Å². The van der Waals surface area contributed by atoms with Crippen molar-refractivity contribution in [1.82, 2.24) is 0 Å². The summed E-state index contributed by atoms with van der Waals surface area (Å²) in [5, 5.41) is 0. The first-order valence-electron chi connectivity index (χ1n) is 7.53. The number of benzene rings is 1. The van der Waals surface area contributed by atoms with Crippen LogP contribution in [0.5, 0.6) is 5.75 Å². The van der Waals surface area contributed by atoms with E-state index in [9.17, 15) is 0 Å². The normalized spacial score (nSPS) is 17.6. The fourth-order valence-electron chi connectivity index (χ4n) is 3.56. The molecule has 1 saturated carbocycles. The van der Waals surface area contributed by atoms with Gasteiger partial charge in [-0.05, 0) is 68.2 Å². The van der Waals surface area contributed by atoms with Gasteiger partial charge >= 0.3 is 0 Å². The number of nitrogens with two attached hydrogens (primary N) is 1. The van der Waals surface area contributed by atoms with Crippen molar-refractivity contribution in [3.8, 4) is 5.75 Å². The summed E-state index contributed by atoms with van der Waals surface area (Å²) in [6.07, 6.45) is 9.19. The van der Waals surface area contributed by atoms with E-state index < -0.39 is 0 Å². The Kier molecular flexibility index (Phi) is 4.87. The molecular weight excluding hydrogens is 234 g/mol. The van der Waals surface area contributed by atoms with Crippen molar-refractivity contribution in [2.24, 2.45) is 11.1 Å². The zero-order chi connectivity index (χ0) is 13.7. The van der Waals surface area contributed by atoms with Crippen molar-refractivity contribution < 1.29 is 4.74 Å². The van der Waals surface area contributed by atoms with Crippen LogP contribution in [0.4, 0.5) is 0 Å². The van der Waals surface area contributed by atoms with Crippen LogP contribution in [0.25, 0.3) is 0 Å². The molecule has 0 amide bonds. The minimum Gasteiger partial charge on any atom is -0.496 e. The van der Waals surface area contributed by atoms with Gasteiger partial charge in [0.05, 0.1) is 7.11 Å². The largest absolute Gasteiger partial charge is 0.496 e. The molecule has 2 rings (SSSR count). The second-order valence-corrected chi connectivity index (χ2v) is 6.05. The zero-order valence-electron chi connectivity index (χ0n) is 12.4. The van der Waals surface area contributed by atoms with Gasteiger partial charge in [0.2, 0.25) is 0 Å². The van der Waals surface area contributed by atoms with Gasteiger partial charge in [0.15, 0.2) is 0 Å². The van der Waals surface area contributed by atoms with Crippen molar-refractivity contribution >= 4 is 0 Å². The summed E-state index contributed by atoms with van der Waals surface area (Å²) in [6, 6.07) is 6.57. The minimum atomic E-state index is 0.530. The van der Waals surface area contributed by atoms with Crippen LogP contribution in [0.15, 0.2) is 18.2 Å². The summed E-state index contributed by atoms with van der Waals surface area (Å²) < 4.78 is 5.32. The maximum Gasteiger partial charge on any atom is 0.121 e. The lowest BCUT2D eigenvalue weighted by atomic mass is 9.77. The lowest BCUT2D eigenvalue weighted by molar-refractivity contribution is 0.253. The van der Waals surface area contributed by atoms with Crippen LogP contribution >= 0.6 is 0 Å². The van der Waals surface area contributed by atoms with Crippen LogP contribution < -0.4 is 10.5 Å². The summed E-state index contributed by atoms with van der Waals surface area (Å²) in [4.78, 5) is 0. The van der Waals surface area contributed by atoms with E-state index in [-0.39, 0.29) is 0 Å². The average molecular weight is 261 g/mol. The molecule has 1 aliphatic carbocycles. The molecule has 2 N–H and O–H groups in total. The number of hydrogen-bond acceptors (Lipinski definition) is 2. The molecule has 0 saturated heterocycles. The number of methoxy groups -OCH3 is 1. The zero-order valence-corrected chi connectivity index (χ0v) is 12.4.